The zero-order valence-corrected chi connectivity index (χ0v) is 11.7. The molecule has 0 spiro atoms. The fourth-order valence-corrected chi connectivity index (χ4v) is 2.63. The van der Waals surface area contributed by atoms with Gasteiger partial charge >= 0.3 is 6.18 Å². The van der Waals surface area contributed by atoms with Crippen LogP contribution in [0, 0.1) is 0 Å². The second-order valence-electron chi connectivity index (χ2n) is 4.05. The number of hydrogen-bond donors (Lipinski definition) is 1. The highest BCUT2D eigenvalue weighted by Crippen LogP contribution is 2.40. The van der Waals surface area contributed by atoms with Crippen LogP contribution in [-0.4, -0.2) is 13.7 Å². The predicted molar refractivity (Wildman–Crippen MR) is 67.8 cm³/mol. The van der Waals surface area contributed by atoms with Gasteiger partial charge in [0.1, 0.15) is 5.75 Å². The number of methoxy groups -OCH3 is 1. The van der Waals surface area contributed by atoms with Crippen LogP contribution in [0.2, 0.25) is 0 Å². The van der Waals surface area contributed by atoms with E-state index in [4.69, 9.17) is 10.5 Å². The molecule has 0 radical (unpaired) electrons. The first kappa shape index (κ1) is 15.3. The van der Waals surface area contributed by atoms with E-state index in [9.17, 15) is 13.2 Å². The van der Waals surface area contributed by atoms with Gasteiger partial charge in [-0.1, -0.05) is 22.9 Å². The highest BCUT2D eigenvalue weighted by atomic mass is 79.9. The van der Waals surface area contributed by atoms with Crippen molar-refractivity contribution in [1.82, 2.24) is 0 Å². The summed E-state index contributed by atoms with van der Waals surface area (Å²) in [5.74, 6) is 0.263. The van der Waals surface area contributed by atoms with Crippen molar-refractivity contribution in [3.8, 4) is 5.75 Å². The average molecular weight is 326 g/mol. The fourth-order valence-electron chi connectivity index (χ4n) is 1.80. The Bertz CT molecular complexity index is 421. The summed E-state index contributed by atoms with van der Waals surface area (Å²) in [7, 11) is 1.36. The minimum absolute atomic E-state index is 0.0293. The monoisotopic (exact) mass is 325 g/mol. The number of ether oxygens (including phenoxy) is 1. The normalized spacial score (nSPS) is 13.5. The molecule has 6 heteroatoms. The Labute approximate surface area is 112 Å². The smallest absolute Gasteiger partial charge is 0.416 e. The zero-order valence-electron chi connectivity index (χ0n) is 10.1. The van der Waals surface area contributed by atoms with Crippen molar-refractivity contribution in [1.29, 1.82) is 0 Å². The van der Waals surface area contributed by atoms with Crippen LogP contribution in [-0.2, 0) is 6.18 Å². The van der Waals surface area contributed by atoms with E-state index >= 15 is 0 Å². The number of halogens is 4. The maximum Gasteiger partial charge on any atom is 0.416 e. The molecule has 2 nitrogen and oxygen atoms in total. The third-order valence-electron chi connectivity index (χ3n) is 2.73. The summed E-state index contributed by atoms with van der Waals surface area (Å²) in [5.41, 5.74) is 5.46. The van der Waals surface area contributed by atoms with Crippen LogP contribution in [0.25, 0.3) is 0 Å². The van der Waals surface area contributed by atoms with Crippen molar-refractivity contribution >= 4 is 15.9 Å². The lowest BCUT2D eigenvalue weighted by Gasteiger charge is -2.19. The molecule has 1 rings (SSSR count). The molecule has 0 aliphatic rings. The maximum atomic E-state index is 12.7. The molecule has 0 saturated heterocycles. The highest BCUT2D eigenvalue weighted by molar-refractivity contribution is 9.10. The Morgan fingerprint density at radius 3 is 2.44 bits per heavy atom. The molecule has 0 aromatic heterocycles. The van der Waals surface area contributed by atoms with Crippen LogP contribution in [0.5, 0.6) is 5.75 Å². The Morgan fingerprint density at radius 1 is 1.39 bits per heavy atom. The first-order valence-corrected chi connectivity index (χ1v) is 6.25. The van der Waals surface area contributed by atoms with E-state index in [0.29, 0.717) is 17.4 Å². The minimum Gasteiger partial charge on any atom is -0.496 e. The van der Waals surface area contributed by atoms with E-state index < -0.39 is 11.7 Å². The molecule has 1 atom stereocenters. The Balaban J connectivity index is 3.28. The van der Waals surface area contributed by atoms with E-state index in [1.807, 2.05) is 6.92 Å². The Morgan fingerprint density at radius 2 is 2.00 bits per heavy atom. The molecule has 0 aliphatic carbocycles. The van der Waals surface area contributed by atoms with Gasteiger partial charge in [0.2, 0.25) is 0 Å². The molecule has 1 aromatic rings. The number of nitrogens with two attached hydrogens (primary N) is 1. The topological polar surface area (TPSA) is 35.2 Å². The summed E-state index contributed by atoms with van der Waals surface area (Å²) in [6, 6.07) is 2.10. The number of rotatable bonds is 4. The van der Waals surface area contributed by atoms with Gasteiger partial charge in [-0.3, -0.25) is 0 Å². The second-order valence-corrected chi connectivity index (χ2v) is 4.90. The first-order valence-electron chi connectivity index (χ1n) is 5.46. The molecule has 0 saturated carbocycles. The van der Waals surface area contributed by atoms with E-state index in [1.165, 1.54) is 7.11 Å². The summed E-state index contributed by atoms with van der Waals surface area (Å²) < 4.78 is 43.5. The minimum atomic E-state index is -4.38. The Kier molecular flexibility index (Phi) is 5.04. The lowest BCUT2D eigenvalue weighted by atomic mass is 9.95. The van der Waals surface area contributed by atoms with Gasteiger partial charge in [0.25, 0.3) is 0 Å². The van der Waals surface area contributed by atoms with Gasteiger partial charge < -0.3 is 10.5 Å². The summed E-state index contributed by atoms with van der Waals surface area (Å²) >= 11 is 3.18. The number of alkyl halides is 3. The lowest BCUT2D eigenvalue weighted by molar-refractivity contribution is -0.137. The quantitative estimate of drug-likeness (QED) is 0.910. The van der Waals surface area contributed by atoms with Crippen LogP contribution in [0.1, 0.15) is 30.4 Å². The molecule has 0 aliphatic heterocycles. The molecule has 102 valence electrons. The first-order chi connectivity index (χ1) is 8.31. The van der Waals surface area contributed by atoms with Crippen LogP contribution in [0.4, 0.5) is 13.2 Å². The van der Waals surface area contributed by atoms with Gasteiger partial charge in [0.15, 0.2) is 0 Å². The van der Waals surface area contributed by atoms with Crippen molar-refractivity contribution in [2.45, 2.75) is 25.4 Å². The maximum absolute atomic E-state index is 12.7. The third kappa shape index (κ3) is 3.38. The number of hydrogen-bond acceptors (Lipinski definition) is 2. The van der Waals surface area contributed by atoms with Crippen LogP contribution in [0.15, 0.2) is 16.6 Å². The fraction of sp³-hybridized carbons (Fsp3) is 0.500. The second kappa shape index (κ2) is 5.93. The summed E-state index contributed by atoms with van der Waals surface area (Å²) in [6.45, 7) is 2.38. The van der Waals surface area contributed by atoms with Gasteiger partial charge in [-0.2, -0.15) is 13.2 Å². The van der Waals surface area contributed by atoms with E-state index in [0.717, 1.165) is 17.7 Å². The van der Waals surface area contributed by atoms with Gasteiger partial charge in [-0.25, -0.2) is 0 Å². The van der Waals surface area contributed by atoms with Crippen LogP contribution in [0.3, 0.4) is 0 Å². The van der Waals surface area contributed by atoms with Crippen LogP contribution >= 0.6 is 15.9 Å². The average Bonchev–Trinajstić information content (AvgIpc) is 2.26. The molecule has 1 unspecified atom stereocenters. The van der Waals surface area contributed by atoms with Crippen LogP contribution < -0.4 is 10.5 Å². The SMILES string of the molecule is COc1cc(C(F)(F)F)cc(Br)c1C(C)CCN. The van der Waals surface area contributed by atoms with Gasteiger partial charge in [-0.15, -0.1) is 0 Å². The molecule has 1 aromatic carbocycles. The van der Waals surface area contributed by atoms with Crippen molar-refractivity contribution in [2.24, 2.45) is 5.73 Å². The Hall–Kier alpha value is -0.750. The summed E-state index contributed by atoms with van der Waals surface area (Å²) in [4.78, 5) is 0. The highest BCUT2D eigenvalue weighted by Gasteiger charge is 2.32. The molecular weight excluding hydrogens is 311 g/mol. The van der Waals surface area contributed by atoms with E-state index in [1.54, 1.807) is 0 Å². The van der Waals surface area contributed by atoms with Crippen molar-refractivity contribution in [2.75, 3.05) is 13.7 Å². The van der Waals surface area contributed by atoms with Gasteiger partial charge in [-0.05, 0) is 31.0 Å². The zero-order chi connectivity index (χ0) is 13.9. The molecule has 2 N–H and O–H groups in total. The molecule has 0 bridgehead atoms. The summed E-state index contributed by atoms with van der Waals surface area (Å²) in [5, 5.41) is 0. The molecule has 0 fully saturated rings. The predicted octanol–water partition coefficient (Wildman–Crippen LogP) is 3.93. The molecule has 0 heterocycles. The molecular formula is C12H15BrF3NO. The van der Waals surface area contributed by atoms with Gasteiger partial charge in [0.05, 0.1) is 12.7 Å². The third-order valence-corrected chi connectivity index (χ3v) is 3.39. The van der Waals surface area contributed by atoms with Crippen molar-refractivity contribution in [3.63, 3.8) is 0 Å². The van der Waals surface area contributed by atoms with E-state index in [2.05, 4.69) is 15.9 Å². The standard InChI is InChI=1S/C12H15BrF3NO/c1-7(3-4-17)11-9(13)5-8(12(14,15)16)6-10(11)18-2/h5-7H,3-4,17H2,1-2H3. The lowest BCUT2D eigenvalue weighted by Crippen LogP contribution is -2.10. The van der Waals surface area contributed by atoms with Crippen molar-refractivity contribution in [3.05, 3.63) is 27.7 Å². The largest absolute Gasteiger partial charge is 0.496 e. The molecule has 0 amide bonds. The van der Waals surface area contributed by atoms with Gasteiger partial charge in [0, 0.05) is 10.0 Å². The number of benzene rings is 1. The van der Waals surface area contributed by atoms with E-state index in [-0.39, 0.29) is 11.7 Å². The molecule has 18 heavy (non-hydrogen) atoms. The summed E-state index contributed by atoms with van der Waals surface area (Å²) in [6.07, 6.45) is -3.70. The van der Waals surface area contributed by atoms with Crippen molar-refractivity contribution < 1.29 is 17.9 Å².